The molecule has 3 aromatic carbocycles. The van der Waals surface area contributed by atoms with E-state index in [0.717, 1.165) is 39.9 Å². The number of nitrogens with zero attached hydrogens (tertiary/aromatic N) is 1. The van der Waals surface area contributed by atoms with Crippen molar-refractivity contribution in [2.24, 2.45) is 0 Å². The molecule has 154 valence electrons. The van der Waals surface area contributed by atoms with E-state index in [4.69, 9.17) is 4.98 Å². The van der Waals surface area contributed by atoms with E-state index in [0.29, 0.717) is 23.4 Å². The quantitative estimate of drug-likeness (QED) is 0.347. The van der Waals surface area contributed by atoms with E-state index < -0.39 is 11.7 Å². The molecule has 0 spiro atoms. The lowest BCUT2D eigenvalue weighted by Gasteiger charge is -2.14. The third-order valence-electron chi connectivity index (χ3n) is 5.53. The van der Waals surface area contributed by atoms with E-state index in [1.54, 1.807) is 42.5 Å². The number of pyridine rings is 1. The molecule has 0 fully saturated rings. The molecule has 1 aliphatic carbocycles. The number of alkyl halides is 3. The van der Waals surface area contributed by atoms with Crippen LogP contribution in [0.25, 0.3) is 33.6 Å². The summed E-state index contributed by atoms with van der Waals surface area (Å²) in [6.07, 6.45) is -4.02. The molecule has 5 rings (SSSR count). The van der Waals surface area contributed by atoms with E-state index in [1.807, 2.05) is 12.1 Å². The first-order chi connectivity index (χ1) is 14.8. The number of aromatic hydroxyl groups is 2. The molecule has 2 N–H and O–H groups in total. The van der Waals surface area contributed by atoms with Gasteiger partial charge in [-0.2, -0.15) is 13.2 Å². The molecule has 31 heavy (non-hydrogen) atoms. The highest BCUT2D eigenvalue weighted by atomic mass is 19.4. The number of hydrogen-bond donors (Lipinski definition) is 2. The van der Waals surface area contributed by atoms with Crippen LogP contribution in [0.2, 0.25) is 0 Å². The minimum Gasteiger partial charge on any atom is -0.508 e. The van der Waals surface area contributed by atoms with E-state index in [2.05, 4.69) is 0 Å². The first-order valence-corrected chi connectivity index (χ1v) is 9.63. The smallest absolute Gasteiger partial charge is 0.416 e. The Morgan fingerprint density at radius 2 is 1.48 bits per heavy atom. The Balaban J connectivity index is 1.77. The summed E-state index contributed by atoms with van der Waals surface area (Å²) in [6, 6.07) is 18.7. The Morgan fingerprint density at radius 1 is 0.742 bits per heavy atom. The molecule has 6 heteroatoms. The zero-order chi connectivity index (χ0) is 21.8. The van der Waals surface area contributed by atoms with Crippen molar-refractivity contribution in [2.45, 2.75) is 12.6 Å². The normalized spacial score (nSPS) is 12.5. The summed E-state index contributed by atoms with van der Waals surface area (Å²) in [5, 5.41) is 20.3. The molecule has 0 saturated heterocycles. The zero-order valence-electron chi connectivity index (χ0n) is 16.1. The summed E-state index contributed by atoms with van der Waals surface area (Å²) in [7, 11) is 0. The Hall–Kier alpha value is -3.80. The van der Waals surface area contributed by atoms with Gasteiger partial charge in [-0.1, -0.05) is 36.4 Å². The van der Waals surface area contributed by atoms with Crippen molar-refractivity contribution in [3.05, 3.63) is 89.5 Å². The predicted molar refractivity (Wildman–Crippen MR) is 112 cm³/mol. The van der Waals surface area contributed by atoms with Gasteiger partial charge in [-0.15, -0.1) is 0 Å². The lowest BCUT2D eigenvalue weighted by molar-refractivity contribution is -0.137. The first-order valence-electron chi connectivity index (χ1n) is 9.63. The minimum atomic E-state index is -4.46. The number of phenolic OH excluding ortho intramolecular Hbond substituents is 2. The maximum Gasteiger partial charge on any atom is 0.416 e. The Bertz CT molecular complexity index is 1330. The van der Waals surface area contributed by atoms with Crippen molar-refractivity contribution in [1.29, 1.82) is 0 Å². The molecule has 0 bridgehead atoms. The first kappa shape index (κ1) is 19.2. The summed E-state index contributed by atoms with van der Waals surface area (Å²) in [5.41, 5.74) is 4.43. The van der Waals surface area contributed by atoms with E-state index >= 15 is 0 Å². The highest BCUT2D eigenvalue weighted by Crippen LogP contribution is 2.45. The van der Waals surface area contributed by atoms with Crippen LogP contribution in [-0.2, 0) is 12.6 Å². The van der Waals surface area contributed by atoms with Crippen LogP contribution in [0.5, 0.6) is 11.5 Å². The van der Waals surface area contributed by atoms with Crippen molar-refractivity contribution in [3.63, 3.8) is 0 Å². The summed E-state index contributed by atoms with van der Waals surface area (Å²) >= 11 is 0. The molecular weight excluding hydrogens is 403 g/mol. The summed E-state index contributed by atoms with van der Waals surface area (Å²) in [4.78, 5) is 4.70. The van der Waals surface area contributed by atoms with Gasteiger partial charge in [0.25, 0.3) is 0 Å². The van der Waals surface area contributed by atoms with Crippen LogP contribution in [0.4, 0.5) is 13.2 Å². The molecule has 4 aromatic rings. The number of halogens is 3. The zero-order valence-corrected chi connectivity index (χ0v) is 16.1. The van der Waals surface area contributed by atoms with Gasteiger partial charge in [-0.3, -0.25) is 0 Å². The number of benzene rings is 3. The molecule has 3 nitrogen and oxygen atoms in total. The van der Waals surface area contributed by atoms with E-state index in [1.165, 1.54) is 6.07 Å². The maximum absolute atomic E-state index is 13.3. The van der Waals surface area contributed by atoms with Gasteiger partial charge in [0.1, 0.15) is 11.5 Å². The molecule has 0 radical (unpaired) electrons. The SMILES string of the molecule is Oc1cccc(-c2cc(-c3cccc(C(F)(F)F)c3)nc3c2Cc2c(O)cccc2-3)c1. The van der Waals surface area contributed by atoms with Gasteiger partial charge >= 0.3 is 6.18 Å². The third-order valence-corrected chi connectivity index (χ3v) is 5.53. The third kappa shape index (κ3) is 3.30. The highest BCUT2D eigenvalue weighted by Gasteiger charge is 2.31. The Morgan fingerprint density at radius 3 is 2.26 bits per heavy atom. The fourth-order valence-corrected chi connectivity index (χ4v) is 4.07. The molecule has 1 heterocycles. The molecule has 0 unspecified atom stereocenters. The number of fused-ring (bicyclic) bond motifs is 3. The lowest BCUT2D eigenvalue weighted by atomic mass is 9.95. The molecule has 0 aliphatic heterocycles. The van der Waals surface area contributed by atoms with Crippen LogP contribution >= 0.6 is 0 Å². The average molecular weight is 419 g/mol. The van der Waals surface area contributed by atoms with Crippen LogP contribution in [0, 0.1) is 0 Å². The van der Waals surface area contributed by atoms with Gasteiger partial charge in [0.15, 0.2) is 0 Å². The topological polar surface area (TPSA) is 53.4 Å². The fraction of sp³-hybridized carbons (Fsp3) is 0.0800. The minimum absolute atomic E-state index is 0.0852. The molecular formula is C25H16F3NO2. The van der Waals surface area contributed by atoms with Gasteiger partial charge in [0.05, 0.1) is 17.0 Å². The second kappa shape index (κ2) is 6.87. The van der Waals surface area contributed by atoms with Crippen LogP contribution in [0.1, 0.15) is 16.7 Å². The van der Waals surface area contributed by atoms with Gasteiger partial charge in [-0.25, -0.2) is 4.98 Å². The summed E-state index contributed by atoms with van der Waals surface area (Å²) in [6.45, 7) is 0. The fourth-order valence-electron chi connectivity index (χ4n) is 4.07. The van der Waals surface area contributed by atoms with E-state index in [-0.39, 0.29) is 11.5 Å². The molecule has 1 aromatic heterocycles. The van der Waals surface area contributed by atoms with Crippen LogP contribution < -0.4 is 0 Å². The number of hydrogen-bond acceptors (Lipinski definition) is 3. The van der Waals surface area contributed by atoms with E-state index in [9.17, 15) is 23.4 Å². The monoisotopic (exact) mass is 419 g/mol. The Kier molecular flexibility index (Phi) is 4.25. The van der Waals surface area contributed by atoms with Crippen molar-refractivity contribution >= 4 is 0 Å². The lowest BCUT2D eigenvalue weighted by Crippen LogP contribution is -2.04. The van der Waals surface area contributed by atoms with Gasteiger partial charge in [0.2, 0.25) is 0 Å². The summed E-state index contributed by atoms with van der Waals surface area (Å²) in [5.74, 6) is 0.236. The standard InChI is InChI=1S/C25H16F3NO2/c26-25(27,28)16-6-1-5-15(10-16)22-13-19(14-4-2-7-17(30)11-14)21-12-20-18(24(21)29-22)8-3-9-23(20)31/h1-11,13,30-31H,12H2. The maximum atomic E-state index is 13.3. The molecule has 0 amide bonds. The largest absolute Gasteiger partial charge is 0.508 e. The highest BCUT2D eigenvalue weighted by molar-refractivity contribution is 5.87. The average Bonchev–Trinajstić information content (AvgIpc) is 3.13. The molecule has 0 saturated carbocycles. The van der Waals surface area contributed by atoms with Gasteiger partial charge in [-0.05, 0) is 53.1 Å². The number of rotatable bonds is 2. The van der Waals surface area contributed by atoms with Crippen molar-refractivity contribution in [1.82, 2.24) is 4.98 Å². The van der Waals surface area contributed by atoms with Crippen molar-refractivity contribution < 1.29 is 23.4 Å². The molecule has 0 atom stereocenters. The van der Waals surface area contributed by atoms with Crippen molar-refractivity contribution in [3.8, 4) is 45.1 Å². The van der Waals surface area contributed by atoms with Gasteiger partial charge < -0.3 is 10.2 Å². The van der Waals surface area contributed by atoms with Crippen molar-refractivity contribution in [2.75, 3.05) is 0 Å². The Labute approximate surface area is 176 Å². The predicted octanol–water partition coefficient (Wildman–Crippen LogP) is 6.42. The van der Waals surface area contributed by atoms with Gasteiger partial charge in [0, 0.05) is 23.1 Å². The second-order valence-electron chi connectivity index (χ2n) is 7.49. The number of aromatic nitrogens is 1. The van der Waals surface area contributed by atoms with Crippen LogP contribution in [-0.4, -0.2) is 15.2 Å². The van der Waals surface area contributed by atoms with Crippen LogP contribution in [0.15, 0.2) is 72.8 Å². The number of phenols is 2. The molecule has 1 aliphatic rings. The second-order valence-corrected chi connectivity index (χ2v) is 7.49. The van der Waals surface area contributed by atoms with Crippen LogP contribution in [0.3, 0.4) is 0 Å². The summed E-state index contributed by atoms with van der Waals surface area (Å²) < 4.78 is 39.8.